The molecule has 0 aliphatic heterocycles. The predicted octanol–water partition coefficient (Wildman–Crippen LogP) is 4.10. The van der Waals surface area contributed by atoms with E-state index in [-0.39, 0.29) is 11.5 Å². The SMILES string of the molecule is O=S(=O)(Cl)CCCCCCOc1cc(Br)ccc1F. The van der Waals surface area contributed by atoms with Crippen LogP contribution in [0.25, 0.3) is 0 Å². The van der Waals surface area contributed by atoms with Crippen molar-refractivity contribution < 1.29 is 17.5 Å². The molecule has 0 amide bonds. The minimum absolute atomic E-state index is 0.00429. The molecule has 3 nitrogen and oxygen atoms in total. The van der Waals surface area contributed by atoms with Crippen LogP contribution in [0.5, 0.6) is 5.75 Å². The first kappa shape index (κ1) is 16.7. The molecule has 0 saturated carbocycles. The molecule has 0 fully saturated rings. The Morgan fingerprint density at radius 2 is 1.89 bits per heavy atom. The summed E-state index contributed by atoms with van der Waals surface area (Å²) in [5.41, 5.74) is 0. The fraction of sp³-hybridized carbons (Fsp3) is 0.500. The smallest absolute Gasteiger partial charge is 0.232 e. The molecule has 0 aromatic heterocycles. The molecule has 1 rings (SSSR count). The molecule has 0 bridgehead atoms. The highest BCUT2D eigenvalue weighted by Crippen LogP contribution is 2.22. The van der Waals surface area contributed by atoms with Crippen LogP contribution in [-0.2, 0) is 9.05 Å². The largest absolute Gasteiger partial charge is 0.490 e. The van der Waals surface area contributed by atoms with Crippen molar-refractivity contribution in [2.75, 3.05) is 12.4 Å². The van der Waals surface area contributed by atoms with Crippen LogP contribution in [0.1, 0.15) is 25.7 Å². The monoisotopic (exact) mass is 372 g/mol. The van der Waals surface area contributed by atoms with Crippen LogP contribution < -0.4 is 4.74 Å². The van der Waals surface area contributed by atoms with Gasteiger partial charge in [-0.3, -0.25) is 0 Å². The van der Waals surface area contributed by atoms with E-state index in [2.05, 4.69) is 15.9 Å². The lowest BCUT2D eigenvalue weighted by molar-refractivity contribution is 0.290. The number of hydrogen-bond donors (Lipinski definition) is 0. The highest BCUT2D eigenvalue weighted by Gasteiger charge is 2.05. The lowest BCUT2D eigenvalue weighted by Crippen LogP contribution is -2.00. The van der Waals surface area contributed by atoms with Crippen LogP contribution in [0.2, 0.25) is 0 Å². The predicted molar refractivity (Wildman–Crippen MR) is 77.7 cm³/mol. The standard InChI is InChI=1S/C12H15BrClFO3S/c13-10-5-6-11(15)12(9-10)18-7-3-1-2-4-8-19(14,16)17/h5-6,9H,1-4,7-8H2. The number of hydrogen-bond acceptors (Lipinski definition) is 3. The second kappa shape index (κ2) is 8.07. The molecule has 0 spiro atoms. The van der Waals surface area contributed by atoms with Crippen LogP contribution in [-0.4, -0.2) is 20.8 Å². The van der Waals surface area contributed by atoms with Gasteiger partial charge in [0.05, 0.1) is 12.4 Å². The normalized spacial score (nSPS) is 11.5. The molecule has 0 saturated heterocycles. The Bertz CT molecular complexity index is 508. The molecular formula is C12H15BrClFO3S. The first-order valence-electron chi connectivity index (χ1n) is 5.89. The van der Waals surface area contributed by atoms with E-state index in [1.165, 1.54) is 6.07 Å². The Hall–Kier alpha value is -0.330. The quantitative estimate of drug-likeness (QED) is 0.509. The van der Waals surface area contributed by atoms with E-state index in [0.717, 1.165) is 23.7 Å². The zero-order valence-corrected chi connectivity index (χ0v) is 13.4. The third kappa shape index (κ3) is 7.74. The van der Waals surface area contributed by atoms with E-state index in [4.69, 9.17) is 15.4 Å². The van der Waals surface area contributed by atoms with Crippen LogP contribution in [0.3, 0.4) is 0 Å². The van der Waals surface area contributed by atoms with E-state index in [0.29, 0.717) is 13.0 Å². The molecule has 1 aromatic rings. The molecule has 7 heteroatoms. The van der Waals surface area contributed by atoms with Crippen molar-refractivity contribution in [3.63, 3.8) is 0 Å². The van der Waals surface area contributed by atoms with E-state index in [9.17, 15) is 12.8 Å². The maximum Gasteiger partial charge on any atom is 0.232 e. The van der Waals surface area contributed by atoms with Gasteiger partial charge in [-0.05, 0) is 31.0 Å². The molecule has 0 N–H and O–H groups in total. The van der Waals surface area contributed by atoms with Gasteiger partial charge in [0.2, 0.25) is 9.05 Å². The topological polar surface area (TPSA) is 43.4 Å². The molecule has 0 aliphatic rings. The van der Waals surface area contributed by atoms with E-state index < -0.39 is 14.9 Å². The zero-order valence-electron chi connectivity index (χ0n) is 10.2. The molecule has 0 atom stereocenters. The summed E-state index contributed by atoms with van der Waals surface area (Å²) in [5, 5.41) is 0. The Balaban J connectivity index is 2.16. The molecule has 108 valence electrons. The summed E-state index contributed by atoms with van der Waals surface area (Å²) in [7, 11) is 1.70. The van der Waals surface area contributed by atoms with Crippen LogP contribution in [0, 0.1) is 5.82 Å². The molecular weight excluding hydrogens is 359 g/mol. The molecule has 0 aliphatic carbocycles. The van der Waals surface area contributed by atoms with Crippen molar-refractivity contribution >= 4 is 35.7 Å². The molecule has 0 radical (unpaired) electrons. The Labute approximate surface area is 125 Å². The van der Waals surface area contributed by atoms with Crippen molar-refractivity contribution in [1.29, 1.82) is 0 Å². The van der Waals surface area contributed by atoms with Crippen molar-refractivity contribution in [1.82, 2.24) is 0 Å². The van der Waals surface area contributed by atoms with Gasteiger partial charge in [0, 0.05) is 15.2 Å². The molecule has 1 aromatic carbocycles. The minimum Gasteiger partial charge on any atom is -0.490 e. The van der Waals surface area contributed by atoms with Gasteiger partial charge in [-0.1, -0.05) is 28.8 Å². The highest BCUT2D eigenvalue weighted by molar-refractivity contribution is 9.10. The van der Waals surface area contributed by atoms with Gasteiger partial charge in [0.25, 0.3) is 0 Å². The Morgan fingerprint density at radius 1 is 1.21 bits per heavy atom. The lowest BCUT2D eigenvalue weighted by Gasteiger charge is -2.07. The number of ether oxygens (including phenoxy) is 1. The van der Waals surface area contributed by atoms with Crippen LogP contribution in [0.4, 0.5) is 4.39 Å². The van der Waals surface area contributed by atoms with Crippen molar-refractivity contribution in [2.45, 2.75) is 25.7 Å². The minimum atomic E-state index is -3.38. The molecule has 19 heavy (non-hydrogen) atoms. The second-order valence-electron chi connectivity index (χ2n) is 4.08. The van der Waals surface area contributed by atoms with Crippen molar-refractivity contribution in [3.05, 3.63) is 28.5 Å². The maximum absolute atomic E-state index is 13.3. The zero-order chi connectivity index (χ0) is 14.3. The first-order valence-corrected chi connectivity index (χ1v) is 9.16. The van der Waals surface area contributed by atoms with Gasteiger partial charge in [-0.15, -0.1) is 0 Å². The number of halogens is 3. The first-order chi connectivity index (χ1) is 8.88. The average molecular weight is 374 g/mol. The summed E-state index contributed by atoms with van der Waals surface area (Å²) in [5.74, 6) is -0.176. The summed E-state index contributed by atoms with van der Waals surface area (Å²) in [6.45, 7) is 0.404. The van der Waals surface area contributed by atoms with Crippen LogP contribution in [0.15, 0.2) is 22.7 Å². The highest BCUT2D eigenvalue weighted by atomic mass is 79.9. The van der Waals surface area contributed by atoms with Gasteiger partial charge in [0.15, 0.2) is 11.6 Å². The average Bonchev–Trinajstić information content (AvgIpc) is 2.31. The fourth-order valence-corrected chi connectivity index (χ4v) is 2.72. The molecule has 0 heterocycles. The second-order valence-corrected chi connectivity index (χ2v) is 7.89. The Morgan fingerprint density at radius 3 is 2.58 bits per heavy atom. The Kier molecular flexibility index (Phi) is 7.10. The maximum atomic E-state index is 13.3. The third-order valence-corrected chi connectivity index (χ3v) is 4.17. The van der Waals surface area contributed by atoms with Gasteiger partial charge >= 0.3 is 0 Å². The van der Waals surface area contributed by atoms with E-state index >= 15 is 0 Å². The number of rotatable bonds is 8. The number of unbranched alkanes of at least 4 members (excludes halogenated alkanes) is 3. The fourth-order valence-electron chi connectivity index (χ4n) is 1.50. The summed E-state index contributed by atoms with van der Waals surface area (Å²) in [4.78, 5) is 0. The van der Waals surface area contributed by atoms with E-state index in [1.807, 2.05) is 0 Å². The van der Waals surface area contributed by atoms with Crippen molar-refractivity contribution in [3.8, 4) is 5.75 Å². The third-order valence-electron chi connectivity index (χ3n) is 2.43. The lowest BCUT2D eigenvalue weighted by atomic mass is 10.2. The summed E-state index contributed by atoms with van der Waals surface area (Å²) in [6.07, 6.45) is 2.86. The van der Waals surface area contributed by atoms with Gasteiger partial charge in [-0.25, -0.2) is 12.8 Å². The van der Waals surface area contributed by atoms with Gasteiger partial charge in [0.1, 0.15) is 0 Å². The van der Waals surface area contributed by atoms with Crippen molar-refractivity contribution in [2.24, 2.45) is 0 Å². The van der Waals surface area contributed by atoms with Gasteiger partial charge < -0.3 is 4.74 Å². The van der Waals surface area contributed by atoms with E-state index in [1.54, 1.807) is 12.1 Å². The number of benzene rings is 1. The van der Waals surface area contributed by atoms with Gasteiger partial charge in [-0.2, -0.15) is 0 Å². The summed E-state index contributed by atoms with van der Waals surface area (Å²) in [6, 6.07) is 4.52. The summed E-state index contributed by atoms with van der Waals surface area (Å²) >= 11 is 3.24. The molecule has 0 unspecified atom stereocenters. The van der Waals surface area contributed by atoms with Crippen LogP contribution >= 0.6 is 26.6 Å². The summed E-state index contributed by atoms with van der Waals surface area (Å²) < 4.78 is 40.7.